The molecule has 5 heteroatoms. The minimum Gasteiger partial charge on any atom is -0.464 e. The van der Waals surface area contributed by atoms with Crippen molar-refractivity contribution in [1.82, 2.24) is 9.55 Å². The van der Waals surface area contributed by atoms with E-state index in [1.54, 1.807) is 17.8 Å². The second-order valence-electron chi connectivity index (χ2n) is 2.35. The molecule has 0 aliphatic rings. The van der Waals surface area contributed by atoms with Crippen LogP contribution in [0, 0.1) is 0 Å². The fraction of sp³-hybridized carbons (Fsp3) is 0.429. The van der Waals surface area contributed by atoms with Crippen LogP contribution in [0.5, 0.6) is 0 Å². The smallest absolute Gasteiger partial charge is 0.358 e. The van der Waals surface area contributed by atoms with Gasteiger partial charge in [0.15, 0.2) is 5.69 Å². The highest BCUT2D eigenvalue weighted by atomic mass is 16.5. The van der Waals surface area contributed by atoms with E-state index in [-0.39, 0.29) is 0 Å². The van der Waals surface area contributed by atoms with Crippen LogP contribution in [-0.4, -0.2) is 22.6 Å². The van der Waals surface area contributed by atoms with E-state index in [2.05, 4.69) is 9.72 Å². The highest BCUT2D eigenvalue weighted by Gasteiger charge is 2.11. The Morgan fingerprint density at radius 1 is 1.83 bits per heavy atom. The number of hydrogen-bond donors (Lipinski definition) is 1. The number of nitrogens with two attached hydrogens (primary N) is 1. The molecule has 0 bridgehead atoms. The second kappa shape index (κ2) is 3.36. The minimum absolute atomic E-state index is 0.292. The first-order chi connectivity index (χ1) is 5.69. The second-order valence-corrected chi connectivity index (χ2v) is 2.35. The molecule has 0 aliphatic carbocycles. The summed E-state index contributed by atoms with van der Waals surface area (Å²) >= 11 is 0. The fourth-order valence-electron chi connectivity index (χ4n) is 0.897. The molecule has 2 N–H and O–H groups in total. The van der Waals surface area contributed by atoms with E-state index in [4.69, 9.17) is 5.73 Å². The van der Waals surface area contributed by atoms with E-state index in [9.17, 15) is 4.79 Å². The standard InChI is InChI=1S/C7H11N3O2/c1-10-4-5(7(11)12-2)9-6(10)3-8/h4H,3,8H2,1-2H3. The number of imidazole rings is 1. The van der Waals surface area contributed by atoms with E-state index in [0.29, 0.717) is 18.1 Å². The molecule has 0 spiro atoms. The Kier molecular flexibility index (Phi) is 2.44. The lowest BCUT2D eigenvalue weighted by molar-refractivity contribution is 0.0594. The average molecular weight is 169 g/mol. The highest BCUT2D eigenvalue weighted by Crippen LogP contribution is 2.01. The number of methoxy groups -OCH3 is 1. The van der Waals surface area contributed by atoms with Gasteiger partial charge in [-0.3, -0.25) is 0 Å². The third kappa shape index (κ3) is 1.45. The predicted octanol–water partition coefficient (Wildman–Crippen LogP) is -0.335. The van der Waals surface area contributed by atoms with Gasteiger partial charge >= 0.3 is 5.97 Å². The molecule has 1 aromatic heterocycles. The van der Waals surface area contributed by atoms with Crippen molar-refractivity contribution in [3.05, 3.63) is 17.7 Å². The Morgan fingerprint density at radius 2 is 2.50 bits per heavy atom. The van der Waals surface area contributed by atoms with E-state index in [0.717, 1.165) is 0 Å². The van der Waals surface area contributed by atoms with Crippen molar-refractivity contribution in [3.63, 3.8) is 0 Å². The van der Waals surface area contributed by atoms with E-state index in [1.807, 2.05) is 0 Å². The van der Waals surface area contributed by atoms with Gasteiger partial charge in [-0.15, -0.1) is 0 Å². The topological polar surface area (TPSA) is 70.1 Å². The number of hydrogen-bond acceptors (Lipinski definition) is 4. The lowest BCUT2D eigenvalue weighted by Crippen LogP contribution is -2.04. The Balaban J connectivity index is 2.96. The lowest BCUT2D eigenvalue weighted by atomic mass is 10.5. The first kappa shape index (κ1) is 8.73. The van der Waals surface area contributed by atoms with Gasteiger partial charge in [0.2, 0.25) is 0 Å². The molecule has 1 aromatic rings. The SMILES string of the molecule is COC(=O)c1cn(C)c(CN)n1. The third-order valence-electron chi connectivity index (χ3n) is 1.55. The number of esters is 1. The number of carbonyl (C=O) groups is 1. The van der Waals surface area contributed by atoms with Crippen LogP contribution < -0.4 is 5.73 Å². The quantitative estimate of drug-likeness (QED) is 0.615. The van der Waals surface area contributed by atoms with Gasteiger partial charge in [-0.1, -0.05) is 0 Å². The molecule has 0 amide bonds. The molecule has 0 atom stereocenters. The zero-order valence-corrected chi connectivity index (χ0v) is 7.07. The van der Waals surface area contributed by atoms with E-state index < -0.39 is 5.97 Å². The van der Waals surface area contributed by atoms with Gasteiger partial charge in [0, 0.05) is 13.2 Å². The van der Waals surface area contributed by atoms with E-state index >= 15 is 0 Å². The molecule has 1 rings (SSSR count). The van der Waals surface area contributed by atoms with Crippen LogP contribution in [0.3, 0.4) is 0 Å². The molecular formula is C7H11N3O2. The van der Waals surface area contributed by atoms with Crippen molar-refractivity contribution >= 4 is 5.97 Å². The predicted molar refractivity (Wildman–Crippen MR) is 42.4 cm³/mol. The molecule has 0 saturated carbocycles. The van der Waals surface area contributed by atoms with Crippen molar-refractivity contribution in [2.24, 2.45) is 12.8 Å². The first-order valence-corrected chi connectivity index (χ1v) is 3.49. The first-order valence-electron chi connectivity index (χ1n) is 3.49. The summed E-state index contributed by atoms with van der Waals surface area (Å²) in [5.41, 5.74) is 5.66. The van der Waals surface area contributed by atoms with Crippen molar-refractivity contribution in [3.8, 4) is 0 Å². The minimum atomic E-state index is -0.440. The monoisotopic (exact) mass is 169 g/mol. The van der Waals surface area contributed by atoms with E-state index in [1.165, 1.54) is 7.11 Å². The fourth-order valence-corrected chi connectivity index (χ4v) is 0.897. The number of nitrogens with zero attached hydrogens (tertiary/aromatic N) is 2. The zero-order chi connectivity index (χ0) is 9.14. The molecule has 66 valence electrons. The highest BCUT2D eigenvalue weighted by molar-refractivity contribution is 5.86. The van der Waals surface area contributed by atoms with Crippen molar-refractivity contribution in [2.75, 3.05) is 7.11 Å². The zero-order valence-electron chi connectivity index (χ0n) is 7.07. The van der Waals surface area contributed by atoms with Crippen LogP contribution in [0.2, 0.25) is 0 Å². The van der Waals surface area contributed by atoms with Gasteiger partial charge in [0.05, 0.1) is 13.7 Å². The van der Waals surface area contributed by atoms with Crippen LogP contribution in [0.25, 0.3) is 0 Å². The van der Waals surface area contributed by atoms with Gasteiger partial charge < -0.3 is 15.0 Å². The molecule has 1 heterocycles. The summed E-state index contributed by atoms with van der Waals surface area (Å²) in [6, 6.07) is 0. The summed E-state index contributed by atoms with van der Waals surface area (Å²) in [6.45, 7) is 0.313. The van der Waals surface area contributed by atoms with Gasteiger partial charge in [0.1, 0.15) is 5.82 Å². The van der Waals surface area contributed by atoms with Crippen LogP contribution in [0.1, 0.15) is 16.3 Å². The van der Waals surface area contributed by atoms with Gasteiger partial charge in [-0.25, -0.2) is 9.78 Å². The Bertz CT molecular complexity index is 293. The molecular weight excluding hydrogens is 158 g/mol. The number of carbonyl (C=O) groups excluding carboxylic acids is 1. The molecule has 0 fully saturated rings. The van der Waals surface area contributed by atoms with Crippen LogP contribution in [-0.2, 0) is 18.3 Å². The Morgan fingerprint density at radius 3 is 2.92 bits per heavy atom. The number of aromatic nitrogens is 2. The summed E-state index contributed by atoms with van der Waals surface area (Å²) in [4.78, 5) is 14.9. The summed E-state index contributed by atoms with van der Waals surface area (Å²) in [7, 11) is 3.10. The summed E-state index contributed by atoms with van der Waals surface area (Å²) in [5.74, 6) is 0.223. The maximum atomic E-state index is 11.0. The molecule has 0 radical (unpaired) electrons. The maximum Gasteiger partial charge on any atom is 0.358 e. The average Bonchev–Trinajstić information content (AvgIpc) is 2.45. The maximum absolute atomic E-state index is 11.0. The molecule has 0 aliphatic heterocycles. The van der Waals surface area contributed by atoms with Crippen molar-refractivity contribution in [2.45, 2.75) is 6.54 Å². The van der Waals surface area contributed by atoms with Crippen LogP contribution in [0.4, 0.5) is 0 Å². The number of ether oxygens (including phenoxy) is 1. The summed E-state index contributed by atoms with van der Waals surface area (Å²) < 4.78 is 6.19. The normalized spacial score (nSPS) is 9.92. The molecule has 12 heavy (non-hydrogen) atoms. The lowest BCUT2D eigenvalue weighted by Gasteiger charge is -1.92. The molecule has 0 aromatic carbocycles. The summed E-state index contributed by atoms with van der Waals surface area (Å²) in [6.07, 6.45) is 1.59. The molecule has 0 unspecified atom stereocenters. The van der Waals surface area contributed by atoms with Crippen LogP contribution >= 0.6 is 0 Å². The van der Waals surface area contributed by atoms with Crippen molar-refractivity contribution in [1.29, 1.82) is 0 Å². The summed E-state index contributed by atoms with van der Waals surface area (Å²) in [5, 5.41) is 0. The Labute approximate surface area is 70.1 Å². The largest absolute Gasteiger partial charge is 0.464 e. The van der Waals surface area contributed by atoms with Crippen molar-refractivity contribution < 1.29 is 9.53 Å². The van der Waals surface area contributed by atoms with Crippen LogP contribution in [0.15, 0.2) is 6.20 Å². The molecule has 0 saturated heterocycles. The van der Waals surface area contributed by atoms with Gasteiger partial charge in [-0.05, 0) is 0 Å². The van der Waals surface area contributed by atoms with Gasteiger partial charge in [-0.2, -0.15) is 0 Å². The molecule has 5 nitrogen and oxygen atoms in total. The third-order valence-corrected chi connectivity index (χ3v) is 1.55. The Hall–Kier alpha value is -1.36. The number of aryl methyl sites for hydroxylation is 1. The number of rotatable bonds is 2. The van der Waals surface area contributed by atoms with Gasteiger partial charge in [0.25, 0.3) is 0 Å².